The molecule has 4 N–H and O–H groups in total. The normalized spacial score (nSPS) is 49.0. The Morgan fingerprint density at radius 3 is 2.35 bits per heavy atom. The molecule has 0 aromatic heterocycles. The average Bonchev–Trinajstić information content (AvgIpc) is 3.74. The second-order valence-electron chi connectivity index (χ2n) is 17.8. The van der Waals surface area contributed by atoms with E-state index in [9.17, 15) is 25.2 Å². The van der Waals surface area contributed by atoms with Crippen molar-refractivity contribution >= 4 is 5.97 Å². The van der Waals surface area contributed by atoms with Crippen molar-refractivity contribution in [3.05, 3.63) is 11.6 Å². The zero-order valence-corrected chi connectivity index (χ0v) is 32.8. The summed E-state index contributed by atoms with van der Waals surface area (Å²) < 4.78 is 40.1. The smallest absolute Gasteiger partial charge is 0.310 e. The molecule has 5 fully saturated rings. The molecule has 0 aromatic rings. The van der Waals surface area contributed by atoms with E-state index in [2.05, 4.69) is 41.5 Å². The Labute approximate surface area is 305 Å². The lowest BCUT2D eigenvalue weighted by Crippen LogP contribution is -2.58. The fraction of sp³-hybridized carbons (Fsp3) is 0.925. The van der Waals surface area contributed by atoms with Crippen LogP contribution in [0.1, 0.15) is 120 Å². The highest BCUT2D eigenvalue weighted by Crippen LogP contribution is 2.57. The highest BCUT2D eigenvalue weighted by molar-refractivity contribution is 5.71. The number of aliphatic hydroxyl groups excluding tert-OH is 2. The highest BCUT2D eigenvalue weighted by Gasteiger charge is 2.65. The predicted molar refractivity (Wildman–Crippen MR) is 191 cm³/mol. The molecule has 5 saturated heterocycles. The fourth-order valence-corrected chi connectivity index (χ4v) is 10.4. The molecular weight excluding hydrogens is 656 g/mol. The van der Waals surface area contributed by atoms with E-state index in [1.165, 1.54) is 0 Å². The number of aliphatic carboxylic acids is 1. The van der Waals surface area contributed by atoms with Crippen molar-refractivity contribution in [2.75, 3.05) is 13.7 Å². The van der Waals surface area contributed by atoms with Crippen LogP contribution >= 0.6 is 0 Å². The van der Waals surface area contributed by atoms with Gasteiger partial charge in [0, 0.05) is 31.3 Å². The molecule has 11 heteroatoms. The van der Waals surface area contributed by atoms with Gasteiger partial charge in [-0.25, -0.2) is 0 Å². The summed E-state index contributed by atoms with van der Waals surface area (Å²) in [7, 11) is 1.73. The fourth-order valence-electron chi connectivity index (χ4n) is 10.4. The van der Waals surface area contributed by atoms with Gasteiger partial charge in [-0.2, -0.15) is 0 Å². The van der Waals surface area contributed by atoms with Crippen LogP contribution in [-0.2, 0) is 33.2 Å². The minimum absolute atomic E-state index is 0.0418. The molecule has 294 valence electrons. The van der Waals surface area contributed by atoms with Crippen LogP contribution in [0.2, 0.25) is 0 Å². The third-order valence-corrected chi connectivity index (χ3v) is 13.5. The van der Waals surface area contributed by atoms with E-state index in [-0.39, 0.29) is 66.2 Å². The van der Waals surface area contributed by atoms with Crippen molar-refractivity contribution in [2.24, 2.45) is 35.5 Å². The molecule has 0 aromatic carbocycles. The van der Waals surface area contributed by atoms with Crippen molar-refractivity contribution < 1.29 is 53.6 Å². The number of carbonyl (C=O) groups is 1. The highest BCUT2D eigenvalue weighted by atomic mass is 16.7. The molecule has 17 unspecified atom stereocenters. The first-order valence-electron chi connectivity index (χ1n) is 19.6. The molecule has 5 heterocycles. The minimum Gasteiger partial charge on any atom is -0.481 e. The molecule has 17 atom stereocenters. The standard InChI is InChI=1S/C40H68O11/c1-22(15-25(4)36(43)44)11-12-29(42)18-30-19-31(46-10)28(7)40(48-30)27(6)20-38(9,51-40)33-13-14-37(8,49-33)35-24(3)17-32(47-35)34-23(2)16-26(5)39(45,21-41)50-34/h15,23-35,41-42,45H,11-14,16-21H2,1-10H3,(H,43,44). The number of allylic oxidation sites excluding steroid dienone is 1. The maximum absolute atomic E-state index is 11.3. The zero-order valence-electron chi connectivity index (χ0n) is 32.8. The average molecular weight is 725 g/mol. The number of hydrogen-bond donors (Lipinski definition) is 4. The van der Waals surface area contributed by atoms with Crippen LogP contribution in [0.5, 0.6) is 0 Å². The van der Waals surface area contributed by atoms with Gasteiger partial charge in [-0.05, 0) is 90.9 Å². The minimum atomic E-state index is -1.56. The maximum Gasteiger partial charge on any atom is 0.310 e. The summed E-state index contributed by atoms with van der Waals surface area (Å²) in [5.74, 6) is -3.63. The summed E-state index contributed by atoms with van der Waals surface area (Å²) in [4.78, 5) is 11.3. The number of aliphatic hydroxyl groups is 3. The number of rotatable bonds is 12. The Morgan fingerprint density at radius 1 is 1.00 bits per heavy atom. The number of hydrogen-bond acceptors (Lipinski definition) is 10. The van der Waals surface area contributed by atoms with E-state index in [4.69, 9.17) is 28.4 Å². The van der Waals surface area contributed by atoms with Crippen LogP contribution in [0.15, 0.2) is 11.6 Å². The summed E-state index contributed by atoms with van der Waals surface area (Å²) in [6.07, 6.45) is 6.12. The Hall–Kier alpha value is -1.15. The quantitative estimate of drug-likeness (QED) is 0.186. The van der Waals surface area contributed by atoms with Gasteiger partial charge in [-0.3, -0.25) is 4.79 Å². The number of carboxylic acids is 1. The van der Waals surface area contributed by atoms with E-state index >= 15 is 0 Å². The number of ether oxygens (including phenoxy) is 6. The molecule has 0 bridgehead atoms. The van der Waals surface area contributed by atoms with Crippen LogP contribution in [0.3, 0.4) is 0 Å². The largest absolute Gasteiger partial charge is 0.481 e. The van der Waals surface area contributed by atoms with Crippen molar-refractivity contribution in [3.63, 3.8) is 0 Å². The van der Waals surface area contributed by atoms with Gasteiger partial charge in [-0.15, -0.1) is 0 Å². The first-order valence-corrected chi connectivity index (χ1v) is 19.6. The molecule has 51 heavy (non-hydrogen) atoms. The summed E-state index contributed by atoms with van der Waals surface area (Å²) in [6, 6.07) is 0. The van der Waals surface area contributed by atoms with Crippen LogP contribution < -0.4 is 0 Å². The van der Waals surface area contributed by atoms with Gasteiger partial charge in [0.2, 0.25) is 0 Å². The van der Waals surface area contributed by atoms with Crippen molar-refractivity contribution in [3.8, 4) is 0 Å². The Kier molecular flexibility index (Phi) is 12.5. The molecule has 0 aliphatic carbocycles. The van der Waals surface area contributed by atoms with Gasteiger partial charge in [-0.1, -0.05) is 46.3 Å². The molecular formula is C40H68O11. The Bertz CT molecular complexity index is 1240. The van der Waals surface area contributed by atoms with Gasteiger partial charge < -0.3 is 48.8 Å². The summed E-state index contributed by atoms with van der Waals surface area (Å²) >= 11 is 0. The van der Waals surface area contributed by atoms with Gasteiger partial charge in [0.15, 0.2) is 11.6 Å². The lowest BCUT2D eigenvalue weighted by atomic mass is 9.78. The van der Waals surface area contributed by atoms with Crippen LogP contribution in [-0.4, -0.2) is 106 Å². The number of carboxylic acid groups (broad SMARTS) is 1. The third-order valence-electron chi connectivity index (χ3n) is 13.5. The zero-order chi connectivity index (χ0) is 37.7. The molecule has 5 aliphatic heterocycles. The molecule has 0 saturated carbocycles. The van der Waals surface area contributed by atoms with E-state index in [1.54, 1.807) is 20.1 Å². The topological polar surface area (TPSA) is 153 Å². The van der Waals surface area contributed by atoms with E-state index in [0.29, 0.717) is 25.7 Å². The molecule has 0 radical (unpaired) electrons. The van der Waals surface area contributed by atoms with Gasteiger partial charge in [0.25, 0.3) is 0 Å². The molecule has 5 rings (SSSR count). The summed E-state index contributed by atoms with van der Waals surface area (Å²) in [6.45, 7) is 18.0. The van der Waals surface area contributed by atoms with Gasteiger partial charge >= 0.3 is 5.97 Å². The SMILES string of the molecule is COC1CC(CC(O)CCC(C)=CC(C)C(=O)O)OC2(OC(C)(C3CCC(C)(C4OC(C5OC(O)(CO)C(C)CC5C)CC4C)O3)CC2C)C1C. The van der Waals surface area contributed by atoms with Gasteiger partial charge in [0.1, 0.15) is 0 Å². The lowest BCUT2D eigenvalue weighted by Gasteiger charge is -2.50. The second-order valence-corrected chi connectivity index (χ2v) is 17.8. The maximum atomic E-state index is 11.3. The van der Waals surface area contributed by atoms with Gasteiger partial charge in [0.05, 0.1) is 66.5 Å². The lowest BCUT2D eigenvalue weighted by molar-refractivity contribution is -0.352. The molecule has 5 aliphatic rings. The molecule has 11 nitrogen and oxygen atoms in total. The van der Waals surface area contributed by atoms with Crippen molar-refractivity contribution in [1.82, 2.24) is 0 Å². The van der Waals surface area contributed by atoms with Crippen LogP contribution in [0.25, 0.3) is 0 Å². The molecule has 1 spiro atoms. The first kappa shape index (κ1) is 41.0. The Morgan fingerprint density at radius 2 is 1.71 bits per heavy atom. The summed E-state index contributed by atoms with van der Waals surface area (Å²) in [5, 5.41) is 41.2. The predicted octanol–water partition coefficient (Wildman–Crippen LogP) is 5.61. The number of methoxy groups -OCH3 is 1. The van der Waals surface area contributed by atoms with E-state index < -0.39 is 47.4 Å². The van der Waals surface area contributed by atoms with Crippen LogP contribution in [0.4, 0.5) is 0 Å². The van der Waals surface area contributed by atoms with E-state index in [1.807, 2.05) is 13.8 Å². The third kappa shape index (κ3) is 8.13. The Balaban J connectivity index is 1.24. The first-order chi connectivity index (χ1) is 23.8. The van der Waals surface area contributed by atoms with Crippen LogP contribution in [0, 0.1) is 35.5 Å². The summed E-state index contributed by atoms with van der Waals surface area (Å²) in [5.41, 5.74) is -0.185. The second kappa shape index (κ2) is 15.5. The van der Waals surface area contributed by atoms with E-state index in [0.717, 1.165) is 37.7 Å². The van der Waals surface area contributed by atoms with Crippen molar-refractivity contribution in [2.45, 2.75) is 186 Å². The van der Waals surface area contributed by atoms with Crippen molar-refractivity contribution in [1.29, 1.82) is 0 Å². The monoisotopic (exact) mass is 724 g/mol. The molecule has 0 amide bonds.